The summed E-state index contributed by atoms with van der Waals surface area (Å²) in [6, 6.07) is 7.24. The van der Waals surface area contributed by atoms with Crippen molar-refractivity contribution < 1.29 is 9.53 Å². The minimum Gasteiger partial charge on any atom is -0.468 e. The van der Waals surface area contributed by atoms with Gasteiger partial charge in [0.2, 0.25) is 0 Å². The zero-order valence-corrected chi connectivity index (χ0v) is 13.0. The Morgan fingerprint density at radius 1 is 1.25 bits per heavy atom. The van der Waals surface area contributed by atoms with E-state index in [0.717, 1.165) is 24.3 Å². The van der Waals surface area contributed by atoms with Crippen molar-refractivity contribution >= 4 is 34.9 Å². The number of halogens is 2. The largest absolute Gasteiger partial charge is 0.468 e. The molecule has 0 saturated carbocycles. The van der Waals surface area contributed by atoms with E-state index >= 15 is 0 Å². The fourth-order valence-corrected chi connectivity index (χ4v) is 2.31. The Bertz CT molecular complexity index is 406. The van der Waals surface area contributed by atoms with Crippen molar-refractivity contribution in [3.05, 3.63) is 29.8 Å². The Hall–Kier alpha value is -0.970. The van der Waals surface area contributed by atoms with Gasteiger partial charge in [-0.15, -0.1) is 23.2 Å². The minimum atomic E-state index is -0.632. The maximum absolute atomic E-state index is 11.3. The highest BCUT2D eigenvalue weighted by Gasteiger charge is 2.14. The second-order valence-corrected chi connectivity index (χ2v) is 5.12. The van der Waals surface area contributed by atoms with Gasteiger partial charge in [0, 0.05) is 30.5 Å². The first kappa shape index (κ1) is 17.1. The number of esters is 1. The molecule has 0 unspecified atom stereocenters. The highest BCUT2D eigenvalue weighted by atomic mass is 35.5. The third-order valence-electron chi connectivity index (χ3n) is 2.97. The molecule has 0 aromatic heterocycles. The predicted molar refractivity (Wildman–Crippen MR) is 83.8 cm³/mol. The molecule has 0 fully saturated rings. The Balaban J connectivity index is 2.69. The van der Waals surface area contributed by atoms with Crippen molar-refractivity contribution in [3.63, 3.8) is 0 Å². The number of methoxy groups -OCH3 is 1. The van der Waals surface area contributed by atoms with E-state index in [-0.39, 0.29) is 0 Å². The molecule has 0 bridgehead atoms. The molecule has 20 heavy (non-hydrogen) atoms. The molecule has 0 heterocycles. The van der Waals surface area contributed by atoms with Crippen molar-refractivity contribution in [3.8, 4) is 0 Å². The molecule has 2 N–H and O–H groups in total. The maximum atomic E-state index is 11.3. The second-order valence-electron chi connectivity index (χ2n) is 4.37. The number of carbonyl (C=O) groups excluding carboxylic acids is 1. The van der Waals surface area contributed by atoms with Gasteiger partial charge in [0.05, 0.1) is 7.11 Å². The number of nitrogens with zero attached hydrogens (tertiary/aromatic N) is 1. The Labute approximate surface area is 129 Å². The summed E-state index contributed by atoms with van der Waals surface area (Å²) >= 11 is 11.6. The summed E-state index contributed by atoms with van der Waals surface area (Å²) in [5, 5.41) is 0. The van der Waals surface area contributed by atoms with Gasteiger partial charge in [-0.1, -0.05) is 12.1 Å². The van der Waals surface area contributed by atoms with Crippen LogP contribution in [0.4, 0.5) is 5.69 Å². The molecule has 1 rings (SSSR count). The first-order valence-corrected chi connectivity index (χ1v) is 7.48. The number of anilines is 1. The fraction of sp³-hybridized carbons (Fsp3) is 0.500. The third kappa shape index (κ3) is 5.19. The van der Waals surface area contributed by atoms with Gasteiger partial charge in [0.15, 0.2) is 0 Å². The smallest absolute Gasteiger partial charge is 0.322 e. The van der Waals surface area contributed by atoms with Crippen LogP contribution in [0.2, 0.25) is 0 Å². The van der Waals surface area contributed by atoms with Crippen LogP contribution >= 0.6 is 23.2 Å². The van der Waals surface area contributed by atoms with Crippen molar-refractivity contribution in [2.75, 3.05) is 36.9 Å². The molecule has 4 nitrogen and oxygen atoms in total. The lowest BCUT2D eigenvalue weighted by Gasteiger charge is -2.23. The lowest BCUT2D eigenvalue weighted by Crippen LogP contribution is -2.33. The monoisotopic (exact) mass is 318 g/mol. The number of carbonyl (C=O) groups is 1. The highest BCUT2D eigenvalue weighted by Crippen LogP contribution is 2.16. The van der Waals surface area contributed by atoms with Crippen LogP contribution in [0.5, 0.6) is 0 Å². The molecule has 112 valence electrons. The van der Waals surface area contributed by atoms with E-state index in [9.17, 15) is 4.79 Å². The highest BCUT2D eigenvalue weighted by molar-refractivity contribution is 6.18. The van der Waals surface area contributed by atoms with E-state index in [0.29, 0.717) is 18.2 Å². The van der Waals surface area contributed by atoms with Crippen LogP contribution in [0.25, 0.3) is 0 Å². The maximum Gasteiger partial charge on any atom is 0.322 e. The molecule has 0 aliphatic carbocycles. The average molecular weight is 319 g/mol. The van der Waals surface area contributed by atoms with Crippen LogP contribution in [0.3, 0.4) is 0 Å². The average Bonchev–Trinajstić information content (AvgIpc) is 2.47. The van der Waals surface area contributed by atoms with Gasteiger partial charge >= 0.3 is 5.97 Å². The van der Waals surface area contributed by atoms with E-state index in [1.165, 1.54) is 7.11 Å². The Morgan fingerprint density at radius 3 is 2.25 bits per heavy atom. The summed E-state index contributed by atoms with van der Waals surface area (Å²) in [4.78, 5) is 13.4. The summed E-state index contributed by atoms with van der Waals surface area (Å²) in [6.07, 6.45) is 0.456. The van der Waals surface area contributed by atoms with E-state index in [2.05, 4.69) is 9.64 Å². The van der Waals surface area contributed by atoms with E-state index in [4.69, 9.17) is 28.9 Å². The zero-order valence-electron chi connectivity index (χ0n) is 11.5. The molecule has 0 aliphatic rings. The van der Waals surface area contributed by atoms with Crippen molar-refractivity contribution in [2.45, 2.75) is 12.5 Å². The van der Waals surface area contributed by atoms with Gasteiger partial charge in [-0.05, 0) is 24.1 Å². The number of alkyl halides is 2. The van der Waals surface area contributed by atoms with E-state index < -0.39 is 12.0 Å². The molecule has 0 spiro atoms. The van der Waals surface area contributed by atoms with Gasteiger partial charge in [-0.25, -0.2) is 0 Å². The van der Waals surface area contributed by atoms with Crippen LogP contribution in [0.1, 0.15) is 5.56 Å². The molecular formula is C14H20Cl2N2O2. The normalized spacial score (nSPS) is 12.0. The van der Waals surface area contributed by atoms with Crippen LogP contribution in [-0.4, -0.2) is 44.0 Å². The predicted octanol–water partition coefficient (Wildman–Crippen LogP) is 2.01. The summed E-state index contributed by atoms with van der Waals surface area (Å²) in [6.45, 7) is 1.49. The molecule has 0 amide bonds. The first-order chi connectivity index (χ1) is 9.62. The topological polar surface area (TPSA) is 55.6 Å². The van der Waals surface area contributed by atoms with Crippen LogP contribution < -0.4 is 10.6 Å². The van der Waals surface area contributed by atoms with Crippen LogP contribution in [0, 0.1) is 0 Å². The molecule has 0 radical (unpaired) electrons. The zero-order chi connectivity index (χ0) is 15.0. The lowest BCUT2D eigenvalue weighted by molar-refractivity contribution is -0.142. The van der Waals surface area contributed by atoms with Crippen molar-refractivity contribution in [1.82, 2.24) is 0 Å². The minimum absolute atomic E-state index is 0.403. The van der Waals surface area contributed by atoms with Crippen molar-refractivity contribution in [2.24, 2.45) is 5.73 Å². The number of nitrogens with two attached hydrogens (primary N) is 1. The summed E-state index contributed by atoms with van der Waals surface area (Å²) in [5.41, 5.74) is 7.78. The Morgan fingerprint density at radius 2 is 1.80 bits per heavy atom. The van der Waals surface area contributed by atoms with Crippen LogP contribution in [0.15, 0.2) is 24.3 Å². The van der Waals surface area contributed by atoms with Crippen molar-refractivity contribution in [1.29, 1.82) is 0 Å². The van der Waals surface area contributed by atoms with E-state index in [1.54, 1.807) is 0 Å². The van der Waals surface area contributed by atoms with Gasteiger partial charge in [0.1, 0.15) is 6.04 Å². The molecule has 6 heteroatoms. The standard InChI is InChI=1S/C14H20Cl2N2O2/c1-20-14(19)13(17)10-11-2-4-12(5-3-11)18(8-6-15)9-7-16/h2-5,13H,6-10,17H2,1H3/t13-/m0/s1. The fourth-order valence-electron chi connectivity index (χ4n) is 1.91. The van der Waals surface area contributed by atoms with Gasteiger partial charge in [-0.3, -0.25) is 4.79 Å². The quantitative estimate of drug-likeness (QED) is 0.588. The number of benzene rings is 1. The Kier molecular flexibility index (Phi) is 7.73. The van der Waals surface area contributed by atoms with Gasteiger partial charge < -0.3 is 15.4 Å². The summed E-state index contributed by atoms with van der Waals surface area (Å²) in [7, 11) is 1.33. The van der Waals surface area contributed by atoms with E-state index in [1.807, 2.05) is 24.3 Å². The van der Waals surface area contributed by atoms with Gasteiger partial charge in [-0.2, -0.15) is 0 Å². The lowest BCUT2D eigenvalue weighted by atomic mass is 10.1. The second kappa shape index (κ2) is 9.06. The summed E-state index contributed by atoms with van der Waals surface area (Å²) < 4.78 is 4.61. The molecule has 1 aromatic rings. The number of rotatable bonds is 8. The number of hydrogen-bond donors (Lipinski definition) is 1. The molecular weight excluding hydrogens is 299 g/mol. The molecule has 0 aliphatic heterocycles. The number of hydrogen-bond acceptors (Lipinski definition) is 4. The SMILES string of the molecule is COC(=O)[C@@H](N)Cc1ccc(N(CCCl)CCCl)cc1. The first-order valence-electron chi connectivity index (χ1n) is 6.41. The van der Waals surface area contributed by atoms with Gasteiger partial charge in [0.25, 0.3) is 0 Å². The van der Waals surface area contributed by atoms with Crippen LogP contribution in [-0.2, 0) is 16.0 Å². The third-order valence-corrected chi connectivity index (χ3v) is 3.31. The molecule has 1 aromatic carbocycles. The molecule has 0 saturated heterocycles. The molecule has 1 atom stereocenters. The summed E-state index contributed by atoms with van der Waals surface area (Å²) in [5.74, 6) is 0.692. The number of ether oxygens (including phenoxy) is 1.